The highest BCUT2D eigenvalue weighted by atomic mass is 16.5. The summed E-state index contributed by atoms with van der Waals surface area (Å²) in [5.74, 6) is -1.57. The Kier molecular flexibility index (Phi) is 5.95. The van der Waals surface area contributed by atoms with Crippen molar-refractivity contribution in [3.63, 3.8) is 0 Å². The smallest absolute Gasteiger partial charge is 0.308 e. The number of methoxy groups -OCH3 is 1. The molecule has 6 nitrogen and oxygen atoms in total. The van der Waals surface area contributed by atoms with Crippen molar-refractivity contribution < 1.29 is 19.4 Å². The number of amides is 1. The van der Waals surface area contributed by atoms with Crippen LogP contribution in [0.4, 0.5) is 0 Å². The second-order valence-corrected chi connectivity index (χ2v) is 6.60. The molecule has 3 unspecified atom stereocenters. The van der Waals surface area contributed by atoms with Crippen LogP contribution in [0.3, 0.4) is 0 Å². The Morgan fingerprint density at radius 1 is 1.45 bits per heavy atom. The first-order valence-electron chi connectivity index (χ1n) is 6.99. The van der Waals surface area contributed by atoms with Gasteiger partial charge in [0.15, 0.2) is 0 Å². The predicted molar refractivity (Wildman–Crippen MR) is 75.4 cm³/mol. The highest BCUT2D eigenvalue weighted by Gasteiger charge is 2.31. The summed E-state index contributed by atoms with van der Waals surface area (Å²) in [6, 6.07) is -0.288. The molecule has 0 aromatic carbocycles. The van der Waals surface area contributed by atoms with E-state index in [1.807, 2.05) is 20.8 Å². The fourth-order valence-corrected chi connectivity index (χ4v) is 2.42. The lowest BCUT2D eigenvalue weighted by molar-refractivity contribution is -0.142. The lowest BCUT2D eigenvalue weighted by Gasteiger charge is -2.24. The third kappa shape index (κ3) is 5.46. The maximum atomic E-state index is 12.0. The normalized spacial score (nSPS) is 24.4. The average Bonchev–Trinajstić information content (AvgIpc) is 2.81. The minimum Gasteiger partial charge on any atom is -0.481 e. The molecule has 20 heavy (non-hydrogen) atoms. The van der Waals surface area contributed by atoms with Gasteiger partial charge in [-0.1, -0.05) is 20.8 Å². The number of carboxylic acids is 1. The molecule has 0 aromatic rings. The van der Waals surface area contributed by atoms with Gasteiger partial charge in [0.1, 0.15) is 0 Å². The number of rotatable bonds is 6. The first kappa shape index (κ1) is 16.9. The van der Waals surface area contributed by atoms with Crippen LogP contribution in [0.15, 0.2) is 0 Å². The molecule has 116 valence electrons. The monoisotopic (exact) mass is 286 g/mol. The van der Waals surface area contributed by atoms with Crippen molar-refractivity contribution >= 4 is 11.9 Å². The maximum absolute atomic E-state index is 12.0. The topological polar surface area (TPSA) is 87.7 Å². The lowest BCUT2D eigenvalue weighted by atomic mass is 9.84. The molecule has 1 aliphatic heterocycles. The van der Waals surface area contributed by atoms with Gasteiger partial charge in [0.05, 0.1) is 18.1 Å². The molecule has 3 N–H and O–H groups in total. The van der Waals surface area contributed by atoms with Gasteiger partial charge < -0.3 is 20.5 Å². The van der Waals surface area contributed by atoms with E-state index in [2.05, 4.69) is 10.6 Å². The second kappa shape index (κ2) is 7.04. The summed E-state index contributed by atoms with van der Waals surface area (Å²) in [4.78, 5) is 23.2. The summed E-state index contributed by atoms with van der Waals surface area (Å²) in [6.45, 7) is 6.80. The van der Waals surface area contributed by atoms with Crippen molar-refractivity contribution in [2.45, 2.75) is 45.8 Å². The number of hydrogen-bond donors (Lipinski definition) is 3. The first-order chi connectivity index (χ1) is 9.23. The van der Waals surface area contributed by atoms with E-state index in [4.69, 9.17) is 4.74 Å². The molecule has 1 heterocycles. The largest absolute Gasteiger partial charge is 0.481 e. The Morgan fingerprint density at radius 2 is 2.10 bits per heavy atom. The molecule has 3 atom stereocenters. The van der Waals surface area contributed by atoms with Crippen LogP contribution < -0.4 is 10.6 Å². The number of hydrogen-bond acceptors (Lipinski definition) is 4. The third-order valence-corrected chi connectivity index (χ3v) is 3.47. The van der Waals surface area contributed by atoms with Gasteiger partial charge in [0, 0.05) is 20.2 Å². The van der Waals surface area contributed by atoms with Crippen molar-refractivity contribution in [2.24, 2.45) is 11.3 Å². The summed E-state index contributed by atoms with van der Waals surface area (Å²) in [5.41, 5.74) is -0.0828. The van der Waals surface area contributed by atoms with Gasteiger partial charge >= 0.3 is 5.97 Å². The van der Waals surface area contributed by atoms with E-state index >= 15 is 0 Å². The fraction of sp³-hybridized carbons (Fsp3) is 0.857. The summed E-state index contributed by atoms with van der Waals surface area (Å²) in [5, 5.41) is 15.0. The molecule has 0 bridgehead atoms. The molecule has 0 aliphatic carbocycles. The van der Waals surface area contributed by atoms with E-state index in [-0.39, 0.29) is 30.0 Å². The Hall–Kier alpha value is -1.14. The van der Waals surface area contributed by atoms with Gasteiger partial charge in [-0.25, -0.2) is 0 Å². The Morgan fingerprint density at radius 3 is 2.55 bits per heavy atom. The van der Waals surface area contributed by atoms with Crippen LogP contribution in [0.25, 0.3) is 0 Å². The summed E-state index contributed by atoms with van der Waals surface area (Å²) in [7, 11) is 1.62. The maximum Gasteiger partial charge on any atom is 0.308 e. The highest BCUT2D eigenvalue weighted by Crippen LogP contribution is 2.24. The fourth-order valence-electron chi connectivity index (χ4n) is 2.42. The first-order valence-corrected chi connectivity index (χ1v) is 6.99. The van der Waals surface area contributed by atoms with Crippen LogP contribution in [0.1, 0.15) is 33.6 Å². The Bertz CT molecular complexity index is 352. The average molecular weight is 286 g/mol. The molecule has 1 aliphatic rings. The number of carbonyl (C=O) groups excluding carboxylic acids is 1. The molecule has 1 saturated heterocycles. The summed E-state index contributed by atoms with van der Waals surface area (Å²) in [6.07, 6.45) is 1.20. The van der Waals surface area contributed by atoms with Gasteiger partial charge in [0.25, 0.3) is 0 Å². The SMILES string of the molecule is COC1CNC(C(=O)NCC(CC(C)(C)C)C(=O)O)C1. The van der Waals surface area contributed by atoms with Gasteiger partial charge in [0.2, 0.25) is 5.91 Å². The van der Waals surface area contributed by atoms with E-state index in [9.17, 15) is 14.7 Å². The molecule has 0 radical (unpaired) electrons. The zero-order valence-corrected chi connectivity index (χ0v) is 12.7. The quantitative estimate of drug-likeness (QED) is 0.666. The second-order valence-electron chi connectivity index (χ2n) is 6.60. The van der Waals surface area contributed by atoms with Crippen LogP contribution >= 0.6 is 0 Å². The zero-order chi connectivity index (χ0) is 15.3. The molecular weight excluding hydrogens is 260 g/mol. The molecule has 0 spiro atoms. The van der Waals surface area contributed by atoms with Crippen LogP contribution in [0.2, 0.25) is 0 Å². The highest BCUT2D eigenvalue weighted by molar-refractivity contribution is 5.82. The van der Waals surface area contributed by atoms with Crippen LogP contribution in [0, 0.1) is 11.3 Å². The molecular formula is C14H26N2O4. The summed E-state index contributed by atoms with van der Waals surface area (Å²) < 4.78 is 5.18. The lowest BCUT2D eigenvalue weighted by Crippen LogP contribution is -2.43. The Labute approximate surface area is 120 Å². The van der Waals surface area contributed by atoms with Crippen LogP contribution in [-0.2, 0) is 14.3 Å². The number of ether oxygens (including phenoxy) is 1. The third-order valence-electron chi connectivity index (χ3n) is 3.47. The van der Waals surface area contributed by atoms with Crippen molar-refractivity contribution in [3.05, 3.63) is 0 Å². The van der Waals surface area contributed by atoms with Crippen molar-refractivity contribution in [1.29, 1.82) is 0 Å². The van der Waals surface area contributed by atoms with Gasteiger partial charge in [-0.15, -0.1) is 0 Å². The number of nitrogens with one attached hydrogen (secondary N) is 2. The minimum atomic E-state index is -0.866. The Balaban J connectivity index is 2.43. The van der Waals surface area contributed by atoms with E-state index in [1.54, 1.807) is 7.11 Å². The van der Waals surface area contributed by atoms with E-state index < -0.39 is 11.9 Å². The zero-order valence-electron chi connectivity index (χ0n) is 12.7. The van der Waals surface area contributed by atoms with E-state index in [0.717, 1.165) is 0 Å². The van der Waals surface area contributed by atoms with Crippen LogP contribution in [0.5, 0.6) is 0 Å². The van der Waals surface area contributed by atoms with Gasteiger partial charge in [-0.05, 0) is 18.3 Å². The van der Waals surface area contributed by atoms with E-state index in [1.165, 1.54) is 0 Å². The molecule has 1 rings (SSSR count). The van der Waals surface area contributed by atoms with Crippen molar-refractivity contribution in [1.82, 2.24) is 10.6 Å². The standard InChI is InChI=1S/C14H26N2O4/c1-14(2,3)6-9(13(18)19)7-16-12(17)11-5-10(20-4)8-15-11/h9-11,15H,5-8H2,1-4H3,(H,16,17)(H,18,19). The van der Waals surface area contributed by atoms with Crippen molar-refractivity contribution in [2.75, 3.05) is 20.2 Å². The number of carboxylic acid groups (broad SMARTS) is 1. The molecule has 0 saturated carbocycles. The molecule has 6 heteroatoms. The van der Waals surface area contributed by atoms with Crippen molar-refractivity contribution in [3.8, 4) is 0 Å². The minimum absolute atomic E-state index is 0.0515. The number of aliphatic carboxylic acids is 1. The predicted octanol–water partition coefficient (Wildman–Crippen LogP) is 0.617. The molecule has 0 aromatic heterocycles. The van der Waals surface area contributed by atoms with Gasteiger partial charge in [-0.2, -0.15) is 0 Å². The molecule has 1 amide bonds. The van der Waals surface area contributed by atoms with E-state index in [0.29, 0.717) is 19.4 Å². The summed E-state index contributed by atoms with van der Waals surface area (Å²) >= 11 is 0. The number of carbonyl (C=O) groups is 2. The van der Waals surface area contributed by atoms with Crippen LogP contribution in [-0.4, -0.2) is 49.3 Å². The molecule has 1 fully saturated rings. The van der Waals surface area contributed by atoms with Gasteiger partial charge in [-0.3, -0.25) is 9.59 Å².